The van der Waals surface area contributed by atoms with Crippen molar-refractivity contribution in [2.75, 3.05) is 32.7 Å². The summed E-state index contributed by atoms with van der Waals surface area (Å²) in [5.74, 6) is 6.03. The van der Waals surface area contributed by atoms with Crippen LogP contribution in [0, 0.1) is 0 Å². The third-order valence-corrected chi connectivity index (χ3v) is 8.98. The van der Waals surface area contributed by atoms with Crippen LogP contribution in [0.4, 0.5) is 10.6 Å². The van der Waals surface area contributed by atoms with Gasteiger partial charge in [-0.3, -0.25) is 19.8 Å². The number of carbonyl (C=O) groups excluding carboxylic acids is 2. The lowest BCUT2D eigenvalue weighted by atomic mass is 10.1. The predicted octanol–water partition coefficient (Wildman–Crippen LogP) is 4.31. The van der Waals surface area contributed by atoms with E-state index in [1.54, 1.807) is 75.4 Å². The fraction of sp³-hybridized carbons (Fsp3) is 0.387. The van der Waals surface area contributed by atoms with Crippen LogP contribution in [0.2, 0.25) is 0 Å². The number of aromatic nitrogens is 4. The molecule has 2 heterocycles. The van der Waals surface area contributed by atoms with Crippen molar-refractivity contribution >= 4 is 36.6 Å². The molecule has 0 saturated carbocycles. The SMILES string of the molecule is CCOC(=O)Oc1nc2c(N)nc(OCCOC)nc2n1Cc1cccc(CP(=O)(Oc2ccccc2)N(N)[C@@H](C)C(=O)OC(C)C)c1. The van der Waals surface area contributed by atoms with E-state index in [0.29, 0.717) is 23.5 Å². The van der Waals surface area contributed by atoms with Crippen molar-refractivity contribution in [3.8, 4) is 17.8 Å². The Morgan fingerprint density at radius 3 is 2.42 bits per heavy atom. The summed E-state index contributed by atoms with van der Waals surface area (Å²) in [6.45, 7) is 7.16. The Kier molecular flexibility index (Phi) is 12.3. The van der Waals surface area contributed by atoms with E-state index in [4.69, 9.17) is 39.8 Å². The van der Waals surface area contributed by atoms with Crippen LogP contribution in [0.3, 0.4) is 0 Å². The van der Waals surface area contributed by atoms with Crippen molar-refractivity contribution in [1.82, 2.24) is 24.3 Å². The summed E-state index contributed by atoms with van der Waals surface area (Å²) in [5, 5.41) is 0. The molecule has 1 unspecified atom stereocenters. The Morgan fingerprint density at radius 2 is 1.73 bits per heavy atom. The number of nitrogen functional groups attached to an aromatic ring is 1. The summed E-state index contributed by atoms with van der Waals surface area (Å²) >= 11 is 0. The fourth-order valence-electron chi connectivity index (χ4n) is 4.45. The Balaban J connectivity index is 1.70. The lowest BCUT2D eigenvalue weighted by Crippen LogP contribution is -2.44. The third kappa shape index (κ3) is 9.19. The van der Waals surface area contributed by atoms with Crippen molar-refractivity contribution < 1.29 is 42.4 Å². The number of esters is 1. The number of hydrogen-bond acceptors (Lipinski definition) is 14. The van der Waals surface area contributed by atoms with Crippen LogP contribution in [0.25, 0.3) is 11.2 Å². The molecule has 0 fully saturated rings. The maximum Gasteiger partial charge on any atom is 0.516 e. The number of para-hydroxylation sites is 1. The van der Waals surface area contributed by atoms with Crippen LogP contribution in [0.15, 0.2) is 54.6 Å². The molecule has 0 aliphatic rings. The number of fused-ring (bicyclic) bond motifs is 1. The number of nitrogens with two attached hydrogens (primary N) is 2. The molecule has 16 nitrogen and oxygen atoms in total. The van der Waals surface area contributed by atoms with Gasteiger partial charge < -0.3 is 33.9 Å². The predicted molar refractivity (Wildman–Crippen MR) is 175 cm³/mol. The van der Waals surface area contributed by atoms with Crippen LogP contribution >= 0.6 is 7.52 Å². The van der Waals surface area contributed by atoms with Gasteiger partial charge in [-0.1, -0.05) is 42.5 Å². The second kappa shape index (κ2) is 16.4. The lowest BCUT2D eigenvalue weighted by molar-refractivity contribution is -0.151. The number of rotatable bonds is 16. The molecule has 0 aliphatic heterocycles. The minimum atomic E-state index is -3.96. The van der Waals surface area contributed by atoms with Gasteiger partial charge in [-0.25, -0.2) is 4.79 Å². The normalized spacial score (nSPS) is 13.2. The molecular weight excluding hydrogens is 645 g/mol. The highest BCUT2D eigenvalue weighted by Gasteiger charge is 2.39. The van der Waals surface area contributed by atoms with E-state index in [0.717, 1.165) is 4.78 Å². The van der Waals surface area contributed by atoms with Gasteiger partial charge >= 0.3 is 31.7 Å². The highest BCUT2D eigenvalue weighted by molar-refractivity contribution is 7.56. The maximum absolute atomic E-state index is 14.5. The molecule has 0 bridgehead atoms. The van der Waals surface area contributed by atoms with Gasteiger partial charge in [0, 0.05) is 7.11 Å². The minimum absolute atomic E-state index is 0.000719. The fourth-order valence-corrected chi connectivity index (χ4v) is 6.51. The summed E-state index contributed by atoms with van der Waals surface area (Å²) in [6, 6.07) is 14.3. The number of hydrogen-bond donors (Lipinski definition) is 2. The van der Waals surface area contributed by atoms with E-state index in [1.807, 2.05) is 0 Å². The van der Waals surface area contributed by atoms with Crippen LogP contribution < -0.4 is 25.6 Å². The molecule has 17 heteroatoms. The van der Waals surface area contributed by atoms with Crippen LogP contribution in [0.5, 0.6) is 17.8 Å². The molecule has 2 aromatic carbocycles. The smallest absolute Gasteiger partial charge is 0.462 e. The molecular formula is C31H40N7O9P. The first-order chi connectivity index (χ1) is 22.9. The molecule has 0 aliphatic carbocycles. The van der Waals surface area contributed by atoms with Crippen molar-refractivity contribution in [3.05, 3.63) is 65.7 Å². The number of methoxy groups -OCH3 is 1. The van der Waals surface area contributed by atoms with E-state index in [2.05, 4.69) is 15.0 Å². The van der Waals surface area contributed by atoms with Gasteiger partial charge in [0.25, 0.3) is 0 Å². The number of carbonyl (C=O) groups is 2. The summed E-state index contributed by atoms with van der Waals surface area (Å²) < 4.78 is 49.2. The molecule has 2 atom stereocenters. The molecule has 2 aromatic heterocycles. The zero-order valence-electron chi connectivity index (χ0n) is 27.4. The standard InChI is InChI=1S/C31H40N7O9P/c1-6-43-31(40)46-30-34-25-26(32)35-29(44-16-15-42-5)36-27(25)37(30)18-22-11-10-12-23(17-22)19-48(41,47-24-13-8-7-9-14-24)38(33)21(4)28(39)45-20(2)3/h7-14,17,20-21H,6,15-16,18-19,33H2,1-5H3,(H2,32,35,36)/t21-,48?/m0/s1. The van der Waals surface area contributed by atoms with Gasteiger partial charge in [0.1, 0.15) is 18.4 Å². The number of ether oxygens (including phenoxy) is 5. The van der Waals surface area contributed by atoms with Crippen molar-refractivity contribution in [2.24, 2.45) is 5.84 Å². The minimum Gasteiger partial charge on any atom is -0.462 e. The van der Waals surface area contributed by atoms with Crippen LogP contribution in [-0.4, -0.2) is 75.5 Å². The van der Waals surface area contributed by atoms with Gasteiger partial charge in [0.05, 0.1) is 32.0 Å². The number of anilines is 1. The molecule has 48 heavy (non-hydrogen) atoms. The molecule has 0 spiro atoms. The first-order valence-electron chi connectivity index (χ1n) is 15.1. The number of imidazole rings is 1. The number of benzene rings is 2. The third-order valence-electron chi connectivity index (χ3n) is 6.67. The Labute approximate surface area is 277 Å². The second-order valence-electron chi connectivity index (χ2n) is 10.7. The zero-order valence-corrected chi connectivity index (χ0v) is 28.3. The second-order valence-corrected chi connectivity index (χ2v) is 13.0. The summed E-state index contributed by atoms with van der Waals surface area (Å²) in [6.07, 6.45) is -1.54. The van der Waals surface area contributed by atoms with E-state index in [-0.39, 0.29) is 54.9 Å². The molecule has 4 rings (SSSR count). The largest absolute Gasteiger partial charge is 0.516 e. The van der Waals surface area contributed by atoms with Gasteiger partial charge in [0.2, 0.25) is 0 Å². The van der Waals surface area contributed by atoms with Gasteiger partial charge in [-0.2, -0.15) is 15.0 Å². The molecule has 0 amide bonds. The van der Waals surface area contributed by atoms with Crippen LogP contribution in [0.1, 0.15) is 38.8 Å². The van der Waals surface area contributed by atoms with Gasteiger partial charge in [-0.15, -0.1) is 4.78 Å². The quantitative estimate of drug-likeness (QED) is 0.0554. The van der Waals surface area contributed by atoms with E-state index in [9.17, 15) is 14.2 Å². The lowest BCUT2D eigenvalue weighted by Gasteiger charge is -2.31. The number of nitrogens with zero attached hydrogens (tertiary/aromatic N) is 5. The Bertz CT molecular complexity index is 1750. The van der Waals surface area contributed by atoms with E-state index in [1.165, 1.54) is 18.6 Å². The highest BCUT2D eigenvalue weighted by Crippen LogP contribution is 2.53. The molecule has 4 N–H and O–H groups in total. The summed E-state index contributed by atoms with van der Waals surface area (Å²) in [4.78, 5) is 38.0. The summed E-state index contributed by atoms with van der Waals surface area (Å²) in [7, 11) is -2.43. The van der Waals surface area contributed by atoms with E-state index >= 15 is 0 Å². The maximum atomic E-state index is 14.5. The molecule has 4 aromatic rings. The van der Waals surface area contributed by atoms with Crippen LogP contribution in [-0.2, 0) is 36.3 Å². The average molecular weight is 686 g/mol. The Hall–Kier alpha value is -4.76. The first-order valence-corrected chi connectivity index (χ1v) is 16.9. The molecule has 258 valence electrons. The average Bonchev–Trinajstić information content (AvgIpc) is 3.37. The van der Waals surface area contributed by atoms with Crippen molar-refractivity contribution in [1.29, 1.82) is 0 Å². The zero-order chi connectivity index (χ0) is 34.8. The summed E-state index contributed by atoms with van der Waals surface area (Å²) in [5.41, 5.74) is 7.82. The van der Waals surface area contributed by atoms with Gasteiger partial charge in [-0.05, 0) is 51.0 Å². The van der Waals surface area contributed by atoms with E-state index < -0.39 is 31.8 Å². The molecule has 0 saturated heterocycles. The number of hydrazine groups is 1. The van der Waals surface area contributed by atoms with Crippen molar-refractivity contribution in [2.45, 2.75) is 52.5 Å². The Morgan fingerprint density at radius 1 is 1.00 bits per heavy atom. The highest BCUT2D eigenvalue weighted by atomic mass is 31.2. The molecule has 0 radical (unpaired) electrons. The first kappa shape index (κ1) is 36.1. The van der Waals surface area contributed by atoms with Crippen molar-refractivity contribution in [3.63, 3.8) is 0 Å². The van der Waals surface area contributed by atoms with Gasteiger partial charge in [0.15, 0.2) is 17.0 Å². The topological polar surface area (TPSA) is 205 Å². The monoisotopic (exact) mass is 685 g/mol.